The fraction of sp³-hybridized carbons (Fsp3) is 0.923. The van der Waals surface area contributed by atoms with Crippen molar-refractivity contribution in [1.82, 2.24) is 4.90 Å². The van der Waals surface area contributed by atoms with Crippen LogP contribution in [0.4, 0.5) is 0 Å². The Hall–Kier alpha value is -0.610. The van der Waals surface area contributed by atoms with Gasteiger partial charge in [0.15, 0.2) is 0 Å². The number of carbonyl (C=O) groups excluding carboxylic acids is 1. The van der Waals surface area contributed by atoms with E-state index in [1.54, 1.807) is 4.90 Å². The first-order valence-electron chi connectivity index (χ1n) is 6.74. The Morgan fingerprint density at radius 2 is 1.82 bits per heavy atom. The zero-order valence-electron chi connectivity index (χ0n) is 10.3. The highest BCUT2D eigenvalue weighted by molar-refractivity contribution is 5.76. The molecule has 4 heteroatoms. The summed E-state index contributed by atoms with van der Waals surface area (Å²) in [6.07, 6.45) is 5.79. The van der Waals surface area contributed by atoms with Gasteiger partial charge in [0, 0.05) is 19.5 Å². The molecule has 2 aliphatic rings. The van der Waals surface area contributed by atoms with Crippen molar-refractivity contribution in [3.8, 4) is 0 Å². The lowest BCUT2D eigenvalue weighted by atomic mass is 9.86. The Kier molecular flexibility index (Phi) is 4.40. The standard InChI is InChI=1S/C13H23NO3/c15-5-3-14(4-6-16)13(17)9-12-8-10-1-2-11(12)7-10/h10-12,15-16H,1-9H2. The van der Waals surface area contributed by atoms with Gasteiger partial charge >= 0.3 is 0 Å². The summed E-state index contributed by atoms with van der Waals surface area (Å²) in [7, 11) is 0. The molecule has 3 atom stereocenters. The van der Waals surface area contributed by atoms with Crippen LogP contribution in [0.2, 0.25) is 0 Å². The van der Waals surface area contributed by atoms with Crippen molar-refractivity contribution < 1.29 is 15.0 Å². The summed E-state index contributed by atoms with van der Waals surface area (Å²) in [5.74, 6) is 2.28. The zero-order valence-corrected chi connectivity index (χ0v) is 10.3. The summed E-state index contributed by atoms with van der Waals surface area (Å²) < 4.78 is 0. The largest absolute Gasteiger partial charge is 0.395 e. The van der Waals surface area contributed by atoms with Crippen molar-refractivity contribution in [3.63, 3.8) is 0 Å². The number of aliphatic hydroxyl groups excluding tert-OH is 2. The molecule has 4 nitrogen and oxygen atoms in total. The lowest BCUT2D eigenvalue weighted by Crippen LogP contribution is -2.37. The molecule has 2 rings (SSSR count). The molecule has 0 aliphatic heterocycles. The van der Waals surface area contributed by atoms with Crippen LogP contribution in [0.1, 0.15) is 32.1 Å². The second-order valence-electron chi connectivity index (χ2n) is 5.47. The molecule has 0 spiro atoms. The number of rotatable bonds is 6. The molecule has 98 valence electrons. The van der Waals surface area contributed by atoms with Gasteiger partial charge in [-0.25, -0.2) is 0 Å². The van der Waals surface area contributed by atoms with Gasteiger partial charge in [-0.1, -0.05) is 6.42 Å². The first kappa shape index (κ1) is 12.8. The van der Waals surface area contributed by atoms with E-state index in [0.717, 1.165) is 11.8 Å². The first-order valence-corrected chi connectivity index (χ1v) is 6.74. The van der Waals surface area contributed by atoms with E-state index in [4.69, 9.17) is 10.2 Å². The maximum absolute atomic E-state index is 12.1. The molecule has 0 saturated heterocycles. The highest BCUT2D eigenvalue weighted by Crippen LogP contribution is 2.49. The maximum atomic E-state index is 12.1. The number of nitrogens with zero attached hydrogens (tertiary/aromatic N) is 1. The van der Waals surface area contributed by atoms with E-state index in [-0.39, 0.29) is 19.1 Å². The van der Waals surface area contributed by atoms with Crippen LogP contribution in [0.5, 0.6) is 0 Å². The van der Waals surface area contributed by atoms with Crippen molar-refractivity contribution in [2.75, 3.05) is 26.3 Å². The average Bonchev–Trinajstić information content (AvgIpc) is 2.90. The van der Waals surface area contributed by atoms with Gasteiger partial charge in [0.25, 0.3) is 0 Å². The molecule has 2 N–H and O–H groups in total. The zero-order chi connectivity index (χ0) is 12.3. The third kappa shape index (κ3) is 2.99. The lowest BCUT2D eigenvalue weighted by Gasteiger charge is -2.26. The second-order valence-corrected chi connectivity index (χ2v) is 5.47. The van der Waals surface area contributed by atoms with E-state index < -0.39 is 0 Å². The summed E-state index contributed by atoms with van der Waals surface area (Å²) in [5.41, 5.74) is 0. The summed E-state index contributed by atoms with van der Waals surface area (Å²) in [6, 6.07) is 0. The third-order valence-corrected chi connectivity index (χ3v) is 4.41. The van der Waals surface area contributed by atoms with Gasteiger partial charge in [-0.15, -0.1) is 0 Å². The van der Waals surface area contributed by atoms with E-state index in [0.29, 0.717) is 25.4 Å². The highest BCUT2D eigenvalue weighted by atomic mass is 16.3. The van der Waals surface area contributed by atoms with E-state index in [2.05, 4.69) is 0 Å². The number of hydrogen-bond acceptors (Lipinski definition) is 3. The van der Waals surface area contributed by atoms with Gasteiger partial charge in [-0.3, -0.25) is 4.79 Å². The Morgan fingerprint density at radius 1 is 1.12 bits per heavy atom. The van der Waals surface area contributed by atoms with Crippen molar-refractivity contribution in [3.05, 3.63) is 0 Å². The molecular weight excluding hydrogens is 218 g/mol. The van der Waals surface area contributed by atoms with Crippen LogP contribution >= 0.6 is 0 Å². The van der Waals surface area contributed by atoms with Crippen molar-refractivity contribution in [2.24, 2.45) is 17.8 Å². The Morgan fingerprint density at radius 3 is 2.29 bits per heavy atom. The number of hydrogen-bond donors (Lipinski definition) is 2. The molecule has 2 aliphatic carbocycles. The van der Waals surface area contributed by atoms with Crippen LogP contribution in [0.15, 0.2) is 0 Å². The van der Waals surface area contributed by atoms with Gasteiger partial charge in [-0.05, 0) is 37.0 Å². The summed E-state index contributed by atoms with van der Waals surface area (Å²) >= 11 is 0. The molecule has 0 heterocycles. The van der Waals surface area contributed by atoms with E-state index in [9.17, 15) is 4.79 Å². The predicted octanol–water partition coefficient (Wildman–Crippen LogP) is 0.626. The molecule has 3 unspecified atom stereocenters. The van der Waals surface area contributed by atoms with Crippen LogP contribution in [-0.4, -0.2) is 47.3 Å². The SMILES string of the molecule is O=C(CC1CC2CCC1C2)N(CCO)CCO. The van der Waals surface area contributed by atoms with Crippen molar-refractivity contribution in [1.29, 1.82) is 0 Å². The van der Waals surface area contributed by atoms with Crippen LogP contribution in [0.3, 0.4) is 0 Å². The molecule has 0 aromatic carbocycles. The van der Waals surface area contributed by atoms with Gasteiger partial charge < -0.3 is 15.1 Å². The molecular formula is C13H23NO3. The Bertz CT molecular complexity index is 263. The fourth-order valence-electron chi connectivity index (χ4n) is 3.58. The molecule has 0 aromatic rings. The number of fused-ring (bicyclic) bond motifs is 2. The summed E-state index contributed by atoms with van der Waals surface area (Å²) in [4.78, 5) is 13.6. The summed E-state index contributed by atoms with van der Waals surface area (Å²) in [5, 5.41) is 17.8. The number of aliphatic hydroxyl groups is 2. The lowest BCUT2D eigenvalue weighted by molar-refractivity contribution is -0.133. The minimum Gasteiger partial charge on any atom is -0.395 e. The van der Waals surface area contributed by atoms with Gasteiger partial charge in [0.1, 0.15) is 0 Å². The van der Waals surface area contributed by atoms with Crippen molar-refractivity contribution >= 4 is 5.91 Å². The topological polar surface area (TPSA) is 60.8 Å². The maximum Gasteiger partial charge on any atom is 0.223 e. The van der Waals surface area contributed by atoms with E-state index in [1.807, 2.05) is 0 Å². The molecule has 2 bridgehead atoms. The van der Waals surface area contributed by atoms with Gasteiger partial charge in [0.05, 0.1) is 13.2 Å². The first-order chi connectivity index (χ1) is 8.24. The van der Waals surface area contributed by atoms with Gasteiger partial charge in [-0.2, -0.15) is 0 Å². The molecule has 17 heavy (non-hydrogen) atoms. The summed E-state index contributed by atoms with van der Waals surface area (Å²) in [6.45, 7) is 0.644. The number of carbonyl (C=O) groups is 1. The van der Waals surface area contributed by atoms with Crippen LogP contribution in [0.25, 0.3) is 0 Å². The quantitative estimate of drug-likeness (QED) is 0.717. The smallest absolute Gasteiger partial charge is 0.223 e. The predicted molar refractivity (Wildman–Crippen MR) is 64.3 cm³/mol. The van der Waals surface area contributed by atoms with E-state index in [1.165, 1.54) is 25.7 Å². The minimum absolute atomic E-state index is 0.0253. The monoisotopic (exact) mass is 241 g/mol. The van der Waals surface area contributed by atoms with Crippen molar-refractivity contribution in [2.45, 2.75) is 32.1 Å². The highest BCUT2D eigenvalue weighted by Gasteiger charge is 2.40. The normalized spacial score (nSPS) is 30.8. The molecule has 2 saturated carbocycles. The molecule has 1 amide bonds. The van der Waals surface area contributed by atoms with Crippen LogP contribution < -0.4 is 0 Å². The third-order valence-electron chi connectivity index (χ3n) is 4.41. The Labute approximate surface area is 103 Å². The minimum atomic E-state index is -0.0253. The fourth-order valence-corrected chi connectivity index (χ4v) is 3.58. The molecule has 0 aromatic heterocycles. The molecule has 0 radical (unpaired) electrons. The Balaban J connectivity index is 1.82. The van der Waals surface area contributed by atoms with Gasteiger partial charge in [0.2, 0.25) is 5.91 Å². The average molecular weight is 241 g/mol. The number of amides is 1. The van der Waals surface area contributed by atoms with Crippen LogP contribution in [0, 0.1) is 17.8 Å². The molecule has 2 fully saturated rings. The van der Waals surface area contributed by atoms with Crippen LogP contribution in [-0.2, 0) is 4.79 Å². The van der Waals surface area contributed by atoms with E-state index >= 15 is 0 Å². The second kappa shape index (κ2) is 5.83.